The molecule has 148 valence electrons. The maximum absolute atomic E-state index is 14.3. The average molecular weight is 407 g/mol. The number of hydrogen-bond donors (Lipinski definition) is 4. The zero-order chi connectivity index (χ0) is 20.6. The smallest absolute Gasteiger partial charge is 0.358 e. The largest absolute Gasteiger partial charge is 0.476 e. The van der Waals surface area contributed by atoms with Gasteiger partial charge in [0.25, 0.3) is 0 Å². The summed E-state index contributed by atoms with van der Waals surface area (Å²) in [5.41, 5.74) is 10.6. The number of piperidine rings is 1. The van der Waals surface area contributed by atoms with Gasteiger partial charge in [0.15, 0.2) is 23.1 Å². The van der Waals surface area contributed by atoms with Crippen LogP contribution in [-0.2, 0) is 0 Å². The lowest BCUT2D eigenvalue weighted by atomic mass is 9.91. The average Bonchev–Trinajstić information content (AvgIpc) is 2.63. The van der Waals surface area contributed by atoms with Crippen LogP contribution >= 0.6 is 11.6 Å². The third-order valence-corrected chi connectivity index (χ3v) is 5.06. The number of rotatable bonds is 4. The first-order valence-electron chi connectivity index (χ1n) is 8.58. The number of carboxylic acid groups (broad SMARTS) is 1. The van der Waals surface area contributed by atoms with Crippen molar-refractivity contribution in [1.82, 2.24) is 9.97 Å². The Morgan fingerprint density at radius 1 is 1.32 bits per heavy atom. The van der Waals surface area contributed by atoms with Crippen molar-refractivity contribution in [3.63, 3.8) is 0 Å². The second-order valence-electron chi connectivity index (χ2n) is 7.05. The summed E-state index contributed by atoms with van der Waals surface area (Å²) in [6, 6.07) is 4.16. The molecule has 1 aromatic heterocycles. The van der Waals surface area contributed by atoms with E-state index < -0.39 is 17.5 Å². The van der Waals surface area contributed by atoms with Gasteiger partial charge in [-0.1, -0.05) is 17.7 Å². The highest BCUT2D eigenvalue weighted by atomic mass is 35.5. The molecule has 0 saturated carbocycles. The maximum Gasteiger partial charge on any atom is 0.358 e. The lowest BCUT2D eigenvalue weighted by Crippen LogP contribution is -2.48. The van der Waals surface area contributed by atoms with Crippen molar-refractivity contribution < 1.29 is 14.3 Å². The van der Waals surface area contributed by atoms with Gasteiger partial charge in [-0.3, -0.25) is 5.41 Å². The van der Waals surface area contributed by atoms with Crippen molar-refractivity contribution in [2.45, 2.75) is 25.3 Å². The fourth-order valence-electron chi connectivity index (χ4n) is 3.04. The minimum Gasteiger partial charge on any atom is -0.476 e. The van der Waals surface area contributed by atoms with E-state index in [9.17, 15) is 14.3 Å². The minimum atomic E-state index is -1.32. The zero-order valence-electron chi connectivity index (χ0n) is 15.2. The van der Waals surface area contributed by atoms with Gasteiger partial charge in [-0.2, -0.15) is 0 Å². The Hall–Kier alpha value is -2.78. The van der Waals surface area contributed by atoms with E-state index in [2.05, 4.69) is 9.97 Å². The zero-order valence-corrected chi connectivity index (χ0v) is 15.9. The second kappa shape index (κ2) is 7.33. The van der Waals surface area contributed by atoms with Crippen LogP contribution in [0.4, 0.5) is 16.0 Å². The molecule has 2 aromatic rings. The number of nitrogens with one attached hydrogen (secondary N) is 1. The highest BCUT2D eigenvalue weighted by Crippen LogP contribution is 2.28. The van der Waals surface area contributed by atoms with Crippen LogP contribution in [0.15, 0.2) is 18.2 Å². The molecule has 28 heavy (non-hydrogen) atoms. The minimum absolute atomic E-state index is 0.114. The highest BCUT2D eigenvalue weighted by molar-refractivity contribution is 6.31. The summed E-state index contributed by atoms with van der Waals surface area (Å²) in [4.78, 5) is 21.8. The fraction of sp³-hybridized carbons (Fsp3) is 0.333. The molecule has 1 aromatic carbocycles. The predicted molar refractivity (Wildman–Crippen MR) is 105 cm³/mol. The molecule has 3 rings (SSSR count). The van der Waals surface area contributed by atoms with E-state index in [4.69, 9.17) is 28.5 Å². The third kappa shape index (κ3) is 3.76. The summed E-state index contributed by atoms with van der Waals surface area (Å²) in [6.45, 7) is 2.94. The van der Waals surface area contributed by atoms with Crippen molar-refractivity contribution in [3.8, 4) is 0 Å². The lowest BCUT2D eigenvalue weighted by Gasteiger charge is -2.37. The van der Waals surface area contributed by atoms with E-state index in [1.165, 1.54) is 18.2 Å². The first kappa shape index (κ1) is 20.0. The number of nitrogen functional groups attached to an aromatic ring is 1. The summed E-state index contributed by atoms with van der Waals surface area (Å²) in [7, 11) is 0. The van der Waals surface area contributed by atoms with Crippen LogP contribution in [0, 0.1) is 11.2 Å². The van der Waals surface area contributed by atoms with Crippen molar-refractivity contribution in [2.24, 2.45) is 5.73 Å². The number of carboxylic acids is 1. The number of aromatic carboxylic acids is 1. The summed E-state index contributed by atoms with van der Waals surface area (Å²) in [5, 5.41) is 17.7. The van der Waals surface area contributed by atoms with E-state index in [1.54, 1.807) is 4.90 Å². The van der Waals surface area contributed by atoms with Gasteiger partial charge in [-0.05, 0) is 31.9 Å². The normalized spacial score (nSPS) is 16.1. The Balaban J connectivity index is 2.03. The fourth-order valence-corrected chi connectivity index (χ4v) is 3.22. The van der Waals surface area contributed by atoms with E-state index >= 15 is 0 Å². The predicted octanol–water partition coefficient (Wildman–Crippen LogP) is 2.28. The summed E-state index contributed by atoms with van der Waals surface area (Å²) in [5.74, 6) is -2.17. The molecule has 1 saturated heterocycles. The Labute approximate surface area is 165 Å². The number of benzene rings is 1. The van der Waals surface area contributed by atoms with Crippen LogP contribution in [0.3, 0.4) is 0 Å². The van der Waals surface area contributed by atoms with Gasteiger partial charge < -0.3 is 21.5 Å². The Morgan fingerprint density at radius 2 is 1.96 bits per heavy atom. The number of nitrogens with two attached hydrogens (primary N) is 2. The lowest BCUT2D eigenvalue weighted by molar-refractivity contribution is 0.0690. The van der Waals surface area contributed by atoms with E-state index in [0.29, 0.717) is 25.9 Å². The summed E-state index contributed by atoms with van der Waals surface area (Å²) in [6.07, 6.45) is 1.30. The molecule has 1 aliphatic rings. The van der Waals surface area contributed by atoms with Crippen LogP contribution in [0.1, 0.15) is 41.5 Å². The Morgan fingerprint density at radius 3 is 2.57 bits per heavy atom. The summed E-state index contributed by atoms with van der Waals surface area (Å²) < 4.78 is 14.3. The number of aromatic nitrogens is 2. The molecule has 10 heteroatoms. The van der Waals surface area contributed by atoms with Crippen LogP contribution in [-0.4, -0.2) is 45.4 Å². The van der Waals surface area contributed by atoms with Gasteiger partial charge in [0.2, 0.25) is 0 Å². The van der Waals surface area contributed by atoms with E-state index in [0.717, 1.165) is 0 Å². The monoisotopic (exact) mass is 406 g/mol. The van der Waals surface area contributed by atoms with Gasteiger partial charge in [0.1, 0.15) is 5.69 Å². The van der Waals surface area contributed by atoms with Crippen LogP contribution in [0.25, 0.3) is 0 Å². The first-order chi connectivity index (χ1) is 13.1. The standard InChI is InChI=1S/C18H20ClFN6O2/c1-18(23)5-7-26(8-6-18)16-14(17(27)28)24-13(15(22)25-16)12(21)9-3-2-4-10(19)11(9)20/h2-4,21H,5-8,23H2,1H3,(H2,22,25)(H,27,28). The van der Waals surface area contributed by atoms with Gasteiger partial charge >= 0.3 is 5.97 Å². The van der Waals surface area contributed by atoms with Gasteiger partial charge in [0, 0.05) is 24.2 Å². The molecule has 0 spiro atoms. The molecule has 0 radical (unpaired) electrons. The van der Waals surface area contributed by atoms with Gasteiger partial charge in [-0.25, -0.2) is 19.2 Å². The molecule has 1 aliphatic heterocycles. The Kier molecular flexibility index (Phi) is 5.22. The number of anilines is 2. The molecule has 1 fully saturated rings. The van der Waals surface area contributed by atoms with Crippen LogP contribution in [0.2, 0.25) is 5.02 Å². The highest BCUT2D eigenvalue weighted by Gasteiger charge is 2.31. The Bertz CT molecular complexity index is 955. The molecule has 8 nitrogen and oxygen atoms in total. The third-order valence-electron chi connectivity index (χ3n) is 4.77. The molecule has 2 heterocycles. The van der Waals surface area contributed by atoms with Crippen molar-refractivity contribution >= 4 is 34.9 Å². The van der Waals surface area contributed by atoms with Crippen molar-refractivity contribution in [3.05, 3.63) is 46.0 Å². The van der Waals surface area contributed by atoms with E-state index in [1.807, 2.05) is 6.92 Å². The SMILES string of the molecule is CC1(N)CCN(c2nc(N)c(C(=N)c3cccc(Cl)c3F)nc2C(=O)O)CC1. The molecule has 0 bridgehead atoms. The molecular weight excluding hydrogens is 387 g/mol. The topological polar surface area (TPSA) is 142 Å². The maximum atomic E-state index is 14.3. The number of carbonyl (C=O) groups is 1. The van der Waals surface area contributed by atoms with Crippen LogP contribution < -0.4 is 16.4 Å². The number of nitrogens with zero attached hydrogens (tertiary/aromatic N) is 3. The second-order valence-corrected chi connectivity index (χ2v) is 7.46. The molecule has 6 N–H and O–H groups in total. The van der Waals surface area contributed by atoms with Gasteiger partial charge in [0.05, 0.1) is 10.7 Å². The number of halogens is 2. The first-order valence-corrected chi connectivity index (χ1v) is 8.96. The summed E-state index contributed by atoms with van der Waals surface area (Å²) >= 11 is 5.77. The molecule has 0 unspecified atom stereocenters. The van der Waals surface area contributed by atoms with E-state index in [-0.39, 0.29) is 39.1 Å². The van der Waals surface area contributed by atoms with Crippen LogP contribution in [0.5, 0.6) is 0 Å². The van der Waals surface area contributed by atoms with Crippen molar-refractivity contribution in [2.75, 3.05) is 23.7 Å². The number of hydrogen-bond acceptors (Lipinski definition) is 7. The van der Waals surface area contributed by atoms with Crippen molar-refractivity contribution in [1.29, 1.82) is 5.41 Å². The quantitative estimate of drug-likeness (QED) is 0.570. The molecule has 0 atom stereocenters. The molecule has 0 aliphatic carbocycles. The molecule has 0 amide bonds. The van der Waals surface area contributed by atoms with Gasteiger partial charge in [-0.15, -0.1) is 0 Å². The molecular formula is C18H20ClFN6O2.